The maximum Gasteiger partial charge on any atom is 0.247 e. The van der Waals surface area contributed by atoms with Crippen molar-refractivity contribution >= 4 is 21.8 Å². The molecule has 0 saturated carbocycles. The molecule has 1 atom stereocenters. The zero-order chi connectivity index (χ0) is 22.5. The van der Waals surface area contributed by atoms with Gasteiger partial charge in [-0.3, -0.25) is 4.79 Å². The number of hydrogen-bond donors (Lipinski definition) is 1. The number of amides is 1. The summed E-state index contributed by atoms with van der Waals surface area (Å²) in [7, 11) is 0. The van der Waals surface area contributed by atoms with Crippen LogP contribution in [-0.4, -0.2) is 16.1 Å². The number of hydrogen-bond acceptors (Lipinski definition) is 4. The van der Waals surface area contributed by atoms with Gasteiger partial charge in [0.25, 0.3) is 0 Å². The first-order valence-electron chi connectivity index (χ1n) is 10.2. The molecule has 162 valence electrons. The van der Waals surface area contributed by atoms with Crippen molar-refractivity contribution in [3.8, 4) is 11.5 Å². The first-order chi connectivity index (χ1) is 15.5. The van der Waals surface area contributed by atoms with Gasteiger partial charge in [-0.25, -0.2) is 4.39 Å². The molecule has 4 rings (SSSR count). The summed E-state index contributed by atoms with van der Waals surface area (Å²) in [4.78, 5) is 12.7. The summed E-state index contributed by atoms with van der Waals surface area (Å²) in [5.74, 6) is 0.158. The summed E-state index contributed by atoms with van der Waals surface area (Å²) < 4.78 is 21.0. The fourth-order valence-electron chi connectivity index (χ4n) is 3.34. The van der Waals surface area contributed by atoms with Crippen LogP contribution in [0.15, 0.2) is 81.7 Å². The molecule has 1 unspecified atom stereocenters. The molecule has 0 aliphatic heterocycles. The highest BCUT2D eigenvalue weighted by Gasteiger charge is 2.21. The van der Waals surface area contributed by atoms with E-state index in [1.54, 1.807) is 12.1 Å². The second-order valence-electron chi connectivity index (χ2n) is 7.44. The average molecular weight is 494 g/mol. The zero-order valence-electron chi connectivity index (χ0n) is 17.4. The molecular weight excluding hydrogens is 473 g/mol. The first kappa shape index (κ1) is 21.9. The highest BCUT2D eigenvalue weighted by atomic mass is 79.9. The Balaban J connectivity index is 1.45. The van der Waals surface area contributed by atoms with Gasteiger partial charge in [0.15, 0.2) is 0 Å². The van der Waals surface area contributed by atoms with E-state index in [0.717, 1.165) is 16.7 Å². The van der Waals surface area contributed by atoms with Gasteiger partial charge in [-0.2, -0.15) is 0 Å². The van der Waals surface area contributed by atoms with Gasteiger partial charge in [0.2, 0.25) is 17.7 Å². The van der Waals surface area contributed by atoms with Crippen molar-refractivity contribution in [2.75, 3.05) is 0 Å². The fraction of sp³-hybridized carbons (Fsp3) is 0.160. The van der Waals surface area contributed by atoms with Gasteiger partial charge in [-0.05, 0) is 36.8 Å². The highest BCUT2D eigenvalue weighted by Crippen LogP contribution is 2.27. The lowest BCUT2D eigenvalue weighted by Gasteiger charge is -2.20. The number of nitrogens with zero attached hydrogens (tertiary/aromatic N) is 2. The number of nitrogens with one attached hydrogen (secondary N) is 1. The van der Waals surface area contributed by atoms with E-state index < -0.39 is 11.9 Å². The average Bonchev–Trinajstić information content (AvgIpc) is 3.27. The zero-order valence-corrected chi connectivity index (χ0v) is 19.0. The van der Waals surface area contributed by atoms with Crippen LogP contribution in [0, 0.1) is 12.7 Å². The van der Waals surface area contributed by atoms with Crippen LogP contribution >= 0.6 is 15.9 Å². The number of carbonyl (C=O) groups is 1. The molecule has 3 aromatic carbocycles. The van der Waals surface area contributed by atoms with Crippen LogP contribution in [0.3, 0.4) is 0 Å². The smallest absolute Gasteiger partial charge is 0.247 e. The van der Waals surface area contributed by atoms with E-state index in [4.69, 9.17) is 4.42 Å². The topological polar surface area (TPSA) is 68.0 Å². The van der Waals surface area contributed by atoms with E-state index in [-0.39, 0.29) is 18.7 Å². The molecule has 0 aliphatic carbocycles. The van der Waals surface area contributed by atoms with E-state index >= 15 is 0 Å². The normalized spacial score (nSPS) is 11.8. The lowest BCUT2D eigenvalue weighted by molar-refractivity contribution is -0.121. The molecule has 0 bridgehead atoms. The van der Waals surface area contributed by atoms with Crippen molar-refractivity contribution < 1.29 is 13.6 Å². The van der Waals surface area contributed by atoms with Gasteiger partial charge in [0.1, 0.15) is 5.82 Å². The van der Waals surface area contributed by atoms with Crippen molar-refractivity contribution in [3.63, 3.8) is 0 Å². The van der Waals surface area contributed by atoms with E-state index in [2.05, 4.69) is 31.4 Å². The Morgan fingerprint density at radius 1 is 1.06 bits per heavy atom. The minimum atomic E-state index is -0.609. The third-order valence-corrected chi connectivity index (χ3v) is 5.54. The van der Waals surface area contributed by atoms with Crippen molar-refractivity contribution in [1.29, 1.82) is 0 Å². The molecule has 1 N–H and O–H groups in total. The van der Waals surface area contributed by atoms with Crippen LogP contribution in [0.2, 0.25) is 0 Å². The Kier molecular flexibility index (Phi) is 6.75. The summed E-state index contributed by atoms with van der Waals surface area (Å²) in [5.41, 5.74) is 3.16. The number of rotatable bonds is 7. The molecule has 4 aromatic rings. The van der Waals surface area contributed by atoms with Gasteiger partial charge < -0.3 is 9.73 Å². The molecule has 5 nitrogen and oxygen atoms in total. The van der Waals surface area contributed by atoms with E-state index in [1.165, 1.54) is 6.07 Å². The number of carbonyl (C=O) groups excluding carboxylic acids is 1. The van der Waals surface area contributed by atoms with Crippen LogP contribution < -0.4 is 5.32 Å². The third-order valence-electron chi connectivity index (χ3n) is 5.04. The largest absolute Gasteiger partial charge is 0.421 e. The standard InChI is InChI=1S/C25H21BrFN3O2/c1-16-7-9-18(10-8-16)25-30-29-23(32-25)14-13-22(31)28-24(17-5-3-2-4-6-17)20-12-11-19(26)15-21(20)27/h2-12,15,24H,13-14H2,1H3,(H,28,31). The van der Waals surface area contributed by atoms with E-state index in [9.17, 15) is 9.18 Å². The van der Waals surface area contributed by atoms with Crippen molar-refractivity contribution in [3.05, 3.63) is 106 Å². The monoisotopic (exact) mass is 493 g/mol. The number of aryl methyl sites for hydroxylation is 2. The molecular formula is C25H21BrFN3O2. The summed E-state index contributed by atoms with van der Waals surface area (Å²) in [6.07, 6.45) is 0.423. The van der Waals surface area contributed by atoms with Crippen molar-refractivity contribution in [2.45, 2.75) is 25.8 Å². The molecule has 7 heteroatoms. The van der Waals surface area contributed by atoms with Crippen LogP contribution in [-0.2, 0) is 11.2 Å². The Hall–Kier alpha value is -3.32. The van der Waals surface area contributed by atoms with E-state index in [0.29, 0.717) is 21.8 Å². The van der Waals surface area contributed by atoms with Gasteiger partial charge in [-0.15, -0.1) is 10.2 Å². The first-order valence-corrected chi connectivity index (χ1v) is 11.0. The molecule has 32 heavy (non-hydrogen) atoms. The second-order valence-corrected chi connectivity index (χ2v) is 8.36. The van der Waals surface area contributed by atoms with Crippen molar-refractivity contribution in [1.82, 2.24) is 15.5 Å². The van der Waals surface area contributed by atoms with Gasteiger partial charge in [0.05, 0.1) is 6.04 Å². The molecule has 1 aromatic heterocycles. The van der Waals surface area contributed by atoms with Gasteiger partial charge in [0, 0.05) is 28.4 Å². The summed E-state index contributed by atoms with van der Waals surface area (Å²) in [6.45, 7) is 2.00. The van der Waals surface area contributed by atoms with Gasteiger partial charge >= 0.3 is 0 Å². The van der Waals surface area contributed by atoms with Gasteiger partial charge in [-0.1, -0.05) is 70.0 Å². The Morgan fingerprint density at radius 3 is 2.53 bits per heavy atom. The minimum Gasteiger partial charge on any atom is -0.421 e. The second kappa shape index (κ2) is 9.87. The Labute approximate surface area is 193 Å². The lowest BCUT2D eigenvalue weighted by atomic mass is 9.98. The summed E-state index contributed by atoms with van der Waals surface area (Å²) in [6, 6.07) is 21.3. The molecule has 0 saturated heterocycles. The quantitative estimate of drug-likeness (QED) is 0.354. The number of halogens is 2. The maximum atomic E-state index is 14.7. The molecule has 1 heterocycles. The van der Waals surface area contributed by atoms with E-state index in [1.807, 2.05) is 61.5 Å². The maximum absolute atomic E-state index is 14.7. The Morgan fingerprint density at radius 2 is 1.81 bits per heavy atom. The minimum absolute atomic E-state index is 0.136. The van der Waals surface area contributed by atoms with Crippen LogP contribution in [0.25, 0.3) is 11.5 Å². The summed E-state index contributed by atoms with van der Waals surface area (Å²) in [5, 5.41) is 11.1. The molecule has 0 radical (unpaired) electrons. The SMILES string of the molecule is Cc1ccc(-c2nnc(CCC(=O)NC(c3ccccc3)c3ccc(Br)cc3F)o2)cc1. The molecule has 0 aliphatic rings. The molecule has 0 spiro atoms. The highest BCUT2D eigenvalue weighted by molar-refractivity contribution is 9.10. The van der Waals surface area contributed by atoms with Crippen molar-refractivity contribution in [2.24, 2.45) is 0 Å². The predicted molar refractivity (Wildman–Crippen MR) is 123 cm³/mol. The Bertz CT molecular complexity index is 1210. The fourth-order valence-corrected chi connectivity index (χ4v) is 3.68. The number of benzene rings is 3. The van der Waals surface area contributed by atoms with Crippen LogP contribution in [0.5, 0.6) is 0 Å². The number of aromatic nitrogens is 2. The lowest BCUT2D eigenvalue weighted by Crippen LogP contribution is -2.30. The molecule has 0 fully saturated rings. The summed E-state index contributed by atoms with van der Waals surface area (Å²) >= 11 is 3.27. The third kappa shape index (κ3) is 5.29. The van der Waals surface area contributed by atoms with Crippen LogP contribution in [0.4, 0.5) is 4.39 Å². The predicted octanol–water partition coefficient (Wildman–Crippen LogP) is 5.79. The van der Waals surface area contributed by atoms with Crippen LogP contribution in [0.1, 0.15) is 35.0 Å². The molecule has 1 amide bonds.